The Bertz CT molecular complexity index is 469. The van der Waals surface area contributed by atoms with Crippen LogP contribution in [0.15, 0.2) is 23.2 Å². The lowest BCUT2D eigenvalue weighted by atomic mass is 9.70. The molecule has 0 unspecified atom stereocenters. The van der Waals surface area contributed by atoms with E-state index in [4.69, 9.17) is 0 Å². The number of rotatable bonds is 3. The van der Waals surface area contributed by atoms with Crippen molar-refractivity contribution in [1.29, 1.82) is 0 Å². The third-order valence-corrected chi connectivity index (χ3v) is 3.64. The molecule has 1 aromatic rings. The summed E-state index contributed by atoms with van der Waals surface area (Å²) in [5.41, 5.74) is 3.24. The Kier molecular flexibility index (Phi) is 3.03. The first-order valence-electron chi connectivity index (χ1n) is 5.97. The Morgan fingerprint density at radius 2 is 2.06 bits per heavy atom. The maximum Gasteiger partial charge on any atom is 0.235 e. The fourth-order valence-corrected chi connectivity index (χ4v) is 2.65. The largest absolute Gasteiger partial charge is 0.377 e. The lowest BCUT2D eigenvalue weighted by molar-refractivity contribution is 0.255. The van der Waals surface area contributed by atoms with Gasteiger partial charge in [0, 0.05) is 25.3 Å². The summed E-state index contributed by atoms with van der Waals surface area (Å²) in [6, 6.07) is 6.22. The molecular formula is C14H18N2O. The van der Waals surface area contributed by atoms with E-state index in [1.807, 2.05) is 20.2 Å². The molecule has 1 aromatic carbocycles. The molecular weight excluding hydrogens is 212 g/mol. The molecule has 0 radical (unpaired) electrons. The van der Waals surface area contributed by atoms with E-state index in [1.165, 1.54) is 11.1 Å². The van der Waals surface area contributed by atoms with Crippen LogP contribution in [0, 0.1) is 6.92 Å². The Balaban J connectivity index is 2.60. The molecule has 0 aliphatic heterocycles. The average molecular weight is 230 g/mol. The maximum absolute atomic E-state index is 10.7. The summed E-state index contributed by atoms with van der Waals surface area (Å²) in [4.78, 5) is 16.9. The second-order valence-corrected chi connectivity index (χ2v) is 4.95. The van der Waals surface area contributed by atoms with E-state index in [-0.39, 0.29) is 5.54 Å². The number of benzene rings is 1. The molecule has 0 spiro atoms. The molecule has 3 nitrogen and oxygen atoms in total. The van der Waals surface area contributed by atoms with Crippen molar-refractivity contribution in [3.63, 3.8) is 0 Å². The first-order valence-corrected chi connectivity index (χ1v) is 5.97. The summed E-state index contributed by atoms with van der Waals surface area (Å²) in [5.74, 6) is 0. The summed E-state index contributed by atoms with van der Waals surface area (Å²) in [6.07, 6.45) is 4.79. The van der Waals surface area contributed by atoms with Crippen molar-refractivity contribution in [1.82, 2.24) is 0 Å². The van der Waals surface area contributed by atoms with Gasteiger partial charge in [0.25, 0.3) is 0 Å². The van der Waals surface area contributed by atoms with Gasteiger partial charge in [-0.1, -0.05) is 12.1 Å². The van der Waals surface area contributed by atoms with Gasteiger partial charge in [-0.05, 0) is 37.8 Å². The molecule has 90 valence electrons. The van der Waals surface area contributed by atoms with E-state index in [0.29, 0.717) is 0 Å². The number of isocyanates is 1. The number of hydrogen-bond donors (Lipinski definition) is 0. The molecule has 1 fully saturated rings. The van der Waals surface area contributed by atoms with E-state index >= 15 is 0 Å². The zero-order chi connectivity index (χ0) is 12.5. The van der Waals surface area contributed by atoms with Crippen LogP contribution in [-0.4, -0.2) is 20.2 Å². The van der Waals surface area contributed by atoms with Crippen LogP contribution in [0.1, 0.15) is 30.4 Å². The Morgan fingerprint density at radius 1 is 1.35 bits per heavy atom. The number of anilines is 1. The second kappa shape index (κ2) is 4.34. The molecule has 0 bridgehead atoms. The Hall–Kier alpha value is -1.60. The van der Waals surface area contributed by atoms with E-state index in [2.05, 4.69) is 28.9 Å². The van der Waals surface area contributed by atoms with Gasteiger partial charge in [-0.15, -0.1) is 0 Å². The molecule has 1 aliphatic rings. The molecule has 0 atom stereocenters. The van der Waals surface area contributed by atoms with Crippen molar-refractivity contribution in [3.8, 4) is 0 Å². The van der Waals surface area contributed by atoms with Gasteiger partial charge >= 0.3 is 0 Å². The molecule has 0 heterocycles. The van der Waals surface area contributed by atoms with Crippen molar-refractivity contribution in [2.45, 2.75) is 31.7 Å². The van der Waals surface area contributed by atoms with Crippen molar-refractivity contribution >= 4 is 11.8 Å². The normalized spacial score (nSPS) is 16.9. The standard InChI is InChI=1S/C14H18N2O/c1-11-6-4-7-12(16(2)3)13(11)14(15-10-17)8-5-9-14/h4,6-7H,5,8-9H2,1-3H3. The van der Waals surface area contributed by atoms with Crippen LogP contribution >= 0.6 is 0 Å². The summed E-state index contributed by atoms with van der Waals surface area (Å²) < 4.78 is 0. The fraction of sp³-hybridized carbons (Fsp3) is 0.500. The van der Waals surface area contributed by atoms with E-state index in [9.17, 15) is 4.79 Å². The Labute approximate surface area is 102 Å². The molecule has 3 heteroatoms. The highest BCUT2D eigenvalue weighted by molar-refractivity contribution is 5.60. The highest BCUT2D eigenvalue weighted by atomic mass is 16.1. The highest BCUT2D eigenvalue weighted by Crippen LogP contribution is 2.49. The lowest BCUT2D eigenvalue weighted by Crippen LogP contribution is -2.34. The first-order chi connectivity index (χ1) is 8.10. The predicted molar refractivity (Wildman–Crippen MR) is 69.2 cm³/mol. The van der Waals surface area contributed by atoms with Gasteiger partial charge in [-0.2, -0.15) is 4.99 Å². The van der Waals surface area contributed by atoms with E-state index < -0.39 is 0 Å². The van der Waals surface area contributed by atoms with Gasteiger partial charge in [-0.3, -0.25) is 0 Å². The summed E-state index contributed by atoms with van der Waals surface area (Å²) in [7, 11) is 4.05. The van der Waals surface area contributed by atoms with Crippen LogP contribution in [-0.2, 0) is 10.3 Å². The zero-order valence-electron chi connectivity index (χ0n) is 10.7. The number of aliphatic imine (C=N–C) groups is 1. The number of aryl methyl sites for hydroxylation is 1. The summed E-state index contributed by atoms with van der Waals surface area (Å²) in [5, 5.41) is 0. The Morgan fingerprint density at radius 3 is 2.53 bits per heavy atom. The molecule has 0 aromatic heterocycles. The van der Waals surface area contributed by atoms with Crippen LogP contribution in [0.4, 0.5) is 5.69 Å². The van der Waals surface area contributed by atoms with Gasteiger partial charge in [0.1, 0.15) is 5.54 Å². The number of nitrogens with zero attached hydrogens (tertiary/aromatic N) is 2. The van der Waals surface area contributed by atoms with Crippen LogP contribution < -0.4 is 4.90 Å². The molecule has 0 saturated heterocycles. The van der Waals surface area contributed by atoms with Crippen molar-refractivity contribution < 1.29 is 4.79 Å². The van der Waals surface area contributed by atoms with Gasteiger partial charge < -0.3 is 4.90 Å². The zero-order valence-corrected chi connectivity index (χ0v) is 10.7. The van der Waals surface area contributed by atoms with E-state index in [1.54, 1.807) is 6.08 Å². The first kappa shape index (κ1) is 11.9. The SMILES string of the molecule is Cc1cccc(N(C)C)c1C1(N=C=O)CCC1. The molecule has 1 aliphatic carbocycles. The quantitative estimate of drug-likeness (QED) is 0.591. The van der Waals surface area contributed by atoms with Crippen LogP contribution in [0.2, 0.25) is 0 Å². The summed E-state index contributed by atoms with van der Waals surface area (Å²) in [6.45, 7) is 2.09. The lowest BCUT2D eigenvalue weighted by Gasteiger charge is -2.40. The highest BCUT2D eigenvalue weighted by Gasteiger charge is 2.41. The van der Waals surface area contributed by atoms with Crippen LogP contribution in [0.3, 0.4) is 0 Å². The summed E-state index contributed by atoms with van der Waals surface area (Å²) >= 11 is 0. The van der Waals surface area contributed by atoms with Gasteiger partial charge in [0.05, 0.1) is 0 Å². The van der Waals surface area contributed by atoms with E-state index in [0.717, 1.165) is 24.9 Å². The second-order valence-electron chi connectivity index (χ2n) is 4.95. The van der Waals surface area contributed by atoms with Gasteiger partial charge in [0.15, 0.2) is 0 Å². The van der Waals surface area contributed by atoms with Gasteiger partial charge in [0.2, 0.25) is 6.08 Å². The third kappa shape index (κ3) is 1.87. The minimum Gasteiger partial charge on any atom is -0.377 e. The number of carbonyl (C=O) groups excluding carboxylic acids is 1. The fourth-order valence-electron chi connectivity index (χ4n) is 2.65. The molecule has 17 heavy (non-hydrogen) atoms. The minimum atomic E-state index is -0.313. The monoisotopic (exact) mass is 230 g/mol. The average Bonchev–Trinajstić information content (AvgIpc) is 2.23. The van der Waals surface area contributed by atoms with Crippen LogP contribution in [0.5, 0.6) is 0 Å². The smallest absolute Gasteiger partial charge is 0.235 e. The van der Waals surface area contributed by atoms with Gasteiger partial charge in [-0.25, -0.2) is 4.79 Å². The third-order valence-electron chi connectivity index (χ3n) is 3.64. The topological polar surface area (TPSA) is 32.7 Å². The molecule has 1 saturated carbocycles. The molecule has 2 rings (SSSR count). The predicted octanol–water partition coefficient (Wildman–Crippen LogP) is 2.78. The molecule has 0 amide bonds. The molecule has 0 N–H and O–H groups in total. The van der Waals surface area contributed by atoms with Crippen molar-refractivity contribution in [2.24, 2.45) is 4.99 Å². The van der Waals surface area contributed by atoms with Crippen LogP contribution in [0.25, 0.3) is 0 Å². The van der Waals surface area contributed by atoms with Crippen molar-refractivity contribution in [3.05, 3.63) is 29.3 Å². The number of hydrogen-bond acceptors (Lipinski definition) is 3. The maximum atomic E-state index is 10.7. The minimum absolute atomic E-state index is 0.313. The van der Waals surface area contributed by atoms with Crippen molar-refractivity contribution in [2.75, 3.05) is 19.0 Å².